The molecule has 3 nitrogen and oxygen atoms in total. The Morgan fingerprint density at radius 3 is 2.62 bits per heavy atom. The SMILES string of the molecule is CCCNC(c1ccc(Cl)o1)c1ccccc1OCCC. The third kappa shape index (κ3) is 4.26. The van der Waals surface area contributed by atoms with Crippen molar-refractivity contribution in [1.29, 1.82) is 0 Å². The average molecular weight is 308 g/mol. The van der Waals surface area contributed by atoms with E-state index in [4.69, 9.17) is 20.8 Å². The lowest BCUT2D eigenvalue weighted by Crippen LogP contribution is -2.23. The summed E-state index contributed by atoms with van der Waals surface area (Å²) >= 11 is 5.92. The van der Waals surface area contributed by atoms with Gasteiger partial charge in [0.05, 0.1) is 12.6 Å². The Labute approximate surface area is 131 Å². The summed E-state index contributed by atoms with van der Waals surface area (Å²) in [7, 11) is 0. The van der Waals surface area contributed by atoms with Crippen LogP contribution in [0.2, 0.25) is 5.22 Å². The fourth-order valence-corrected chi connectivity index (χ4v) is 2.35. The van der Waals surface area contributed by atoms with Crippen molar-refractivity contribution in [3.63, 3.8) is 0 Å². The van der Waals surface area contributed by atoms with Gasteiger partial charge in [-0.2, -0.15) is 0 Å². The molecule has 0 saturated carbocycles. The lowest BCUT2D eigenvalue weighted by molar-refractivity contribution is 0.309. The number of nitrogens with one attached hydrogen (secondary N) is 1. The van der Waals surface area contributed by atoms with Crippen LogP contribution in [0.5, 0.6) is 5.75 Å². The third-order valence-corrected chi connectivity index (χ3v) is 3.37. The van der Waals surface area contributed by atoms with Crippen molar-refractivity contribution < 1.29 is 9.15 Å². The number of benzene rings is 1. The Morgan fingerprint density at radius 2 is 1.95 bits per heavy atom. The van der Waals surface area contributed by atoms with E-state index in [9.17, 15) is 0 Å². The van der Waals surface area contributed by atoms with E-state index in [-0.39, 0.29) is 6.04 Å². The molecule has 0 aliphatic rings. The molecule has 2 aromatic rings. The maximum absolute atomic E-state index is 5.92. The normalized spacial score (nSPS) is 12.3. The van der Waals surface area contributed by atoms with Crippen LogP contribution in [0.3, 0.4) is 0 Å². The zero-order chi connectivity index (χ0) is 15.1. The molecule has 0 fully saturated rings. The smallest absolute Gasteiger partial charge is 0.193 e. The molecule has 0 radical (unpaired) electrons. The topological polar surface area (TPSA) is 34.4 Å². The molecule has 0 saturated heterocycles. The van der Waals surface area contributed by atoms with Crippen LogP contribution in [-0.4, -0.2) is 13.2 Å². The van der Waals surface area contributed by atoms with Crippen molar-refractivity contribution in [2.45, 2.75) is 32.7 Å². The van der Waals surface area contributed by atoms with Gasteiger partial charge in [0.2, 0.25) is 0 Å². The highest BCUT2D eigenvalue weighted by molar-refractivity contribution is 6.28. The Bertz CT molecular complexity index is 553. The van der Waals surface area contributed by atoms with Crippen LogP contribution in [0.1, 0.15) is 44.1 Å². The van der Waals surface area contributed by atoms with Crippen molar-refractivity contribution in [2.24, 2.45) is 0 Å². The van der Waals surface area contributed by atoms with Gasteiger partial charge in [-0.05, 0) is 49.2 Å². The molecule has 0 aliphatic carbocycles. The minimum Gasteiger partial charge on any atom is -0.493 e. The second-order valence-electron chi connectivity index (χ2n) is 4.92. The summed E-state index contributed by atoms with van der Waals surface area (Å²) in [5, 5.41) is 3.90. The lowest BCUT2D eigenvalue weighted by atomic mass is 10.0. The van der Waals surface area contributed by atoms with Crippen molar-refractivity contribution in [1.82, 2.24) is 5.32 Å². The zero-order valence-corrected chi connectivity index (χ0v) is 13.3. The molecule has 21 heavy (non-hydrogen) atoms. The van der Waals surface area contributed by atoms with E-state index in [1.807, 2.05) is 24.3 Å². The Morgan fingerprint density at radius 1 is 1.14 bits per heavy atom. The van der Waals surface area contributed by atoms with Gasteiger partial charge in [-0.15, -0.1) is 0 Å². The highest BCUT2D eigenvalue weighted by Gasteiger charge is 2.20. The van der Waals surface area contributed by atoms with E-state index < -0.39 is 0 Å². The van der Waals surface area contributed by atoms with Crippen molar-refractivity contribution in [3.05, 3.63) is 52.9 Å². The summed E-state index contributed by atoms with van der Waals surface area (Å²) in [6.07, 6.45) is 2.02. The summed E-state index contributed by atoms with van der Waals surface area (Å²) in [5.74, 6) is 1.70. The van der Waals surface area contributed by atoms with Crippen LogP contribution < -0.4 is 10.1 Å². The van der Waals surface area contributed by atoms with Crippen LogP contribution in [0.25, 0.3) is 0 Å². The molecule has 1 N–H and O–H groups in total. The van der Waals surface area contributed by atoms with Gasteiger partial charge >= 0.3 is 0 Å². The molecule has 2 rings (SSSR count). The molecule has 0 bridgehead atoms. The number of hydrogen-bond acceptors (Lipinski definition) is 3. The Kier molecular flexibility index (Phi) is 6.15. The van der Waals surface area contributed by atoms with Crippen LogP contribution in [-0.2, 0) is 0 Å². The van der Waals surface area contributed by atoms with E-state index in [0.717, 1.165) is 36.5 Å². The highest BCUT2D eigenvalue weighted by atomic mass is 35.5. The number of para-hydroxylation sites is 1. The monoisotopic (exact) mass is 307 g/mol. The number of rotatable bonds is 8. The molecule has 1 unspecified atom stereocenters. The van der Waals surface area contributed by atoms with Gasteiger partial charge in [-0.3, -0.25) is 0 Å². The predicted molar refractivity (Wildman–Crippen MR) is 86.1 cm³/mol. The van der Waals surface area contributed by atoms with Gasteiger partial charge in [0.15, 0.2) is 5.22 Å². The van der Waals surface area contributed by atoms with Crippen molar-refractivity contribution in [2.75, 3.05) is 13.2 Å². The lowest BCUT2D eigenvalue weighted by Gasteiger charge is -2.20. The van der Waals surface area contributed by atoms with Gasteiger partial charge < -0.3 is 14.5 Å². The van der Waals surface area contributed by atoms with E-state index in [0.29, 0.717) is 11.8 Å². The fraction of sp³-hybridized carbons (Fsp3) is 0.412. The van der Waals surface area contributed by atoms with E-state index in [1.54, 1.807) is 6.07 Å². The summed E-state index contributed by atoms with van der Waals surface area (Å²) in [6.45, 7) is 5.84. The van der Waals surface area contributed by atoms with Crippen molar-refractivity contribution in [3.8, 4) is 5.75 Å². The van der Waals surface area contributed by atoms with Gasteiger partial charge in [-0.25, -0.2) is 0 Å². The molecular formula is C17H22ClNO2. The molecule has 0 aliphatic heterocycles. The summed E-state index contributed by atoms with van der Waals surface area (Å²) < 4.78 is 11.5. The summed E-state index contributed by atoms with van der Waals surface area (Å²) in [6, 6.07) is 11.7. The number of hydrogen-bond donors (Lipinski definition) is 1. The van der Waals surface area contributed by atoms with E-state index in [1.165, 1.54) is 0 Å². The average Bonchev–Trinajstić information content (AvgIpc) is 2.93. The van der Waals surface area contributed by atoms with Gasteiger partial charge in [0.25, 0.3) is 0 Å². The highest BCUT2D eigenvalue weighted by Crippen LogP contribution is 2.32. The molecule has 1 heterocycles. The van der Waals surface area contributed by atoms with Crippen LogP contribution in [0.4, 0.5) is 0 Å². The maximum atomic E-state index is 5.92. The Balaban J connectivity index is 2.31. The predicted octanol–water partition coefficient (Wildman–Crippen LogP) is 4.81. The fourth-order valence-electron chi connectivity index (χ4n) is 2.20. The van der Waals surface area contributed by atoms with Crippen LogP contribution in [0.15, 0.2) is 40.8 Å². The standard InChI is InChI=1S/C17H22ClNO2/c1-3-11-19-17(15-9-10-16(18)21-15)13-7-5-6-8-14(13)20-12-4-2/h5-10,17,19H,3-4,11-12H2,1-2H3. The minimum absolute atomic E-state index is 0.0505. The number of furan rings is 1. The second kappa shape index (κ2) is 8.11. The number of ether oxygens (including phenoxy) is 1. The first-order valence-corrected chi connectivity index (χ1v) is 7.84. The maximum Gasteiger partial charge on any atom is 0.193 e. The van der Waals surface area contributed by atoms with E-state index in [2.05, 4.69) is 25.2 Å². The molecular weight excluding hydrogens is 286 g/mol. The second-order valence-corrected chi connectivity index (χ2v) is 5.29. The zero-order valence-electron chi connectivity index (χ0n) is 12.6. The van der Waals surface area contributed by atoms with Crippen LogP contribution in [0, 0.1) is 0 Å². The van der Waals surface area contributed by atoms with E-state index >= 15 is 0 Å². The third-order valence-electron chi connectivity index (χ3n) is 3.17. The van der Waals surface area contributed by atoms with Gasteiger partial charge in [0.1, 0.15) is 11.5 Å². The van der Waals surface area contributed by atoms with Gasteiger partial charge in [-0.1, -0.05) is 32.0 Å². The Hall–Kier alpha value is -1.45. The van der Waals surface area contributed by atoms with Crippen molar-refractivity contribution >= 4 is 11.6 Å². The largest absolute Gasteiger partial charge is 0.493 e. The quantitative estimate of drug-likeness (QED) is 0.760. The molecule has 1 atom stereocenters. The molecule has 0 spiro atoms. The summed E-state index contributed by atoms with van der Waals surface area (Å²) in [4.78, 5) is 0. The first kappa shape index (κ1) is 15.9. The molecule has 1 aromatic heterocycles. The molecule has 1 aromatic carbocycles. The minimum atomic E-state index is -0.0505. The van der Waals surface area contributed by atoms with Crippen LogP contribution >= 0.6 is 11.6 Å². The van der Waals surface area contributed by atoms with Gasteiger partial charge in [0, 0.05) is 5.56 Å². The molecule has 114 valence electrons. The summed E-state index contributed by atoms with van der Waals surface area (Å²) in [5.41, 5.74) is 1.07. The first-order valence-electron chi connectivity index (χ1n) is 7.46. The molecule has 4 heteroatoms. The first-order chi connectivity index (χ1) is 10.3. The molecule has 0 amide bonds. The number of halogens is 1.